The number of nitrogens with one attached hydrogen (secondary N) is 1. The lowest BCUT2D eigenvalue weighted by Crippen LogP contribution is -2.31. The van der Waals surface area contributed by atoms with Gasteiger partial charge in [0, 0.05) is 30.9 Å². The molecule has 0 bridgehead atoms. The topological polar surface area (TPSA) is 84.3 Å². The Morgan fingerprint density at radius 2 is 1.72 bits per heavy atom. The molecular formula is C24H30N4O3S. The molecule has 2 aromatic carbocycles. The summed E-state index contributed by atoms with van der Waals surface area (Å²) in [5, 5.41) is 7.37. The lowest BCUT2D eigenvalue weighted by Gasteiger charge is -2.18. The number of aryl methyl sites for hydroxylation is 2. The molecule has 0 unspecified atom stereocenters. The molecule has 0 atom stereocenters. The summed E-state index contributed by atoms with van der Waals surface area (Å²) in [6.45, 7) is 8.79. The quantitative estimate of drug-likeness (QED) is 0.536. The molecule has 1 N–H and O–H groups in total. The highest BCUT2D eigenvalue weighted by Gasteiger charge is 2.22. The van der Waals surface area contributed by atoms with Gasteiger partial charge in [-0.2, -0.15) is 9.40 Å². The molecule has 0 aliphatic heterocycles. The first-order chi connectivity index (χ1) is 15.3. The molecule has 3 aromatic rings. The van der Waals surface area contributed by atoms with Crippen LogP contribution >= 0.6 is 0 Å². The largest absolute Gasteiger partial charge is 0.352 e. The second kappa shape index (κ2) is 10.1. The van der Waals surface area contributed by atoms with Gasteiger partial charge in [0.15, 0.2) is 0 Å². The average Bonchev–Trinajstić information content (AvgIpc) is 3.12. The fourth-order valence-electron chi connectivity index (χ4n) is 3.63. The lowest BCUT2D eigenvalue weighted by atomic mass is 10.1. The zero-order valence-electron chi connectivity index (χ0n) is 19.0. The molecule has 0 saturated carbocycles. The molecule has 1 heterocycles. The van der Waals surface area contributed by atoms with Crippen LogP contribution in [0.3, 0.4) is 0 Å². The first-order valence-electron chi connectivity index (χ1n) is 10.8. The molecule has 0 saturated heterocycles. The van der Waals surface area contributed by atoms with E-state index in [0.29, 0.717) is 31.6 Å². The molecule has 1 aromatic heterocycles. The van der Waals surface area contributed by atoms with E-state index in [0.717, 1.165) is 22.6 Å². The van der Waals surface area contributed by atoms with Gasteiger partial charge in [-0.25, -0.2) is 13.1 Å². The third-order valence-corrected chi connectivity index (χ3v) is 7.38. The molecule has 0 aliphatic rings. The number of hydrogen-bond acceptors (Lipinski definition) is 4. The summed E-state index contributed by atoms with van der Waals surface area (Å²) in [4.78, 5) is 12.7. The predicted octanol–water partition coefficient (Wildman–Crippen LogP) is 3.49. The van der Waals surface area contributed by atoms with Crippen LogP contribution in [0.5, 0.6) is 0 Å². The van der Waals surface area contributed by atoms with Gasteiger partial charge in [0.2, 0.25) is 10.0 Å². The SMILES string of the molecule is CCN(CC)S(=O)(=O)c1cccc(C(=O)NCCc2ccc(-n3nc(C)cc3C)cc2)c1. The van der Waals surface area contributed by atoms with Crippen LogP contribution in [0, 0.1) is 13.8 Å². The molecule has 0 radical (unpaired) electrons. The van der Waals surface area contributed by atoms with Gasteiger partial charge in [0.1, 0.15) is 0 Å². The minimum atomic E-state index is -3.60. The van der Waals surface area contributed by atoms with E-state index < -0.39 is 10.0 Å². The van der Waals surface area contributed by atoms with Crippen molar-refractivity contribution < 1.29 is 13.2 Å². The van der Waals surface area contributed by atoms with Gasteiger partial charge in [0.05, 0.1) is 16.3 Å². The second-order valence-electron chi connectivity index (χ2n) is 7.63. The summed E-state index contributed by atoms with van der Waals surface area (Å²) in [6.07, 6.45) is 0.667. The highest BCUT2D eigenvalue weighted by molar-refractivity contribution is 7.89. The fourth-order valence-corrected chi connectivity index (χ4v) is 5.13. The molecule has 0 aliphatic carbocycles. The Balaban J connectivity index is 1.61. The van der Waals surface area contributed by atoms with Crippen molar-refractivity contribution in [2.24, 2.45) is 0 Å². The number of carbonyl (C=O) groups excluding carboxylic acids is 1. The summed E-state index contributed by atoms with van der Waals surface area (Å²) < 4.78 is 28.7. The zero-order valence-corrected chi connectivity index (χ0v) is 19.8. The van der Waals surface area contributed by atoms with Crippen molar-refractivity contribution in [1.29, 1.82) is 0 Å². The third-order valence-electron chi connectivity index (χ3n) is 5.33. The van der Waals surface area contributed by atoms with Crippen molar-refractivity contribution in [1.82, 2.24) is 19.4 Å². The van der Waals surface area contributed by atoms with E-state index in [1.807, 2.05) is 48.9 Å². The number of aromatic nitrogens is 2. The number of sulfonamides is 1. The molecule has 32 heavy (non-hydrogen) atoms. The van der Waals surface area contributed by atoms with E-state index in [-0.39, 0.29) is 10.8 Å². The van der Waals surface area contributed by atoms with E-state index in [1.165, 1.54) is 16.4 Å². The Bertz CT molecular complexity index is 1180. The van der Waals surface area contributed by atoms with Crippen LogP contribution in [-0.4, -0.2) is 48.0 Å². The minimum Gasteiger partial charge on any atom is -0.352 e. The molecule has 8 heteroatoms. The van der Waals surface area contributed by atoms with Crippen LogP contribution in [0.25, 0.3) is 5.69 Å². The third kappa shape index (κ3) is 5.26. The Labute approximate surface area is 190 Å². The number of amides is 1. The summed E-state index contributed by atoms with van der Waals surface area (Å²) in [5.74, 6) is -0.291. The fraction of sp³-hybridized carbons (Fsp3) is 0.333. The van der Waals surface area contributed by atoms with Crippen molar-refractivity contribution in [3.05, 3.63) is 77.1 Å². The van der Waals surface area contributed by atoms with Gasteiger partial charge in [0.25, 0.3) is 5.91 Å². The van der Waals surface area contributed by atoms with E-state index in [1.54, 1.807) is 26.0 Å². The maximum Gasteiger partial charge on any atom is 0.251 e. The van der Waals surface area contributed by atoms with Gasteiger partial charge < -0.3 is 5.32 Å². The monoisotopic (exact) mass is 454 g/mol. The van der Waals surface area contributed by atoms with Gasteiger partial charge in [-0.1, -0.05) is 32.0 Å². The maximum atomic E-state index is 12.7. The van der Waals surface area contributed by atoms with Crippen molar-refractivity contribution in [2.75, 3.05) is 19.6 Å². The molecule has 0 fully saturated rings. The number of hydrogen-bond donors (Lipinski definition) is 1. The molecule has 7 nitrogen and oxygen atoms in total. The summed E-state index contributed by atoms with van der Waals surface area (Å²) in [6, 6.07) is 16.3. The Morgan fingerprint density at radius 1 is 1.03 bits per heavy atom. The van der Waals surface area contributed by atoms with Crippen LogP contribution in [0.15, 0.2) is 59.5 Å². The Hall–Kier alpha value is -2.97. The normalized spacial score (nSPS) is 11.7. The number of nitrogens with zero attached hydrogens (tertiary/aromatic N) is 3. The van der Waals surface area contributed by atoms with Gasteiger partial charge in [-0.05, 0) is 62.2 Å². The van der Waals surface area contributed by atoms with Crippen LogP contribution in [0.1, 0.15) is 41.2 Å². The predicted molar refractivity (Wildman–Crippen MR) is 126 cm³/mol. The van der Waals surface area contributed by atoms with E-state index in [4.69, 9.17) is 0 Å². The van der Waals surface area contributed by atoms with Crippen molar-refractivity contribution in [3.8, 4) is 5.69 Å². The van der Waals surface area contributed by atoms with Gasteiger partial charge in [-0.15, -0.1) is 0 Å². The molecule has 170 valence electrons. The highest BCUT2D eigenvalue weighted by atomic mass is 32.2. The number of benzene rings is 2. The maximum absolute atomic E-state index is 12.7. The standard InChI is InChI=1S/C24H30N4O3S/c1-5-27(6-2)32(30,31)23-9-7-8-21(17-23)24(29)25-15-14-20-10-12-22(13-11-20)28-19(4)16-18(3)26-28/h7-13,16-17H,5-6,14-15H2,1-4H3,(H,25,29). The highest BCUT2D eigenvalue weighted by Crippen LogP contribution is 2.17. The lowest BCUT2D eigenvalue weighted by molar-refractivity contribution is 0.0954. The average molecular weight is 455 g/mol. The van der Waals surface area contributed by atoms with E-state index >= 15 is 0 Å². The van der Waals surface area contributed by atoms with Crippen molar-refractivity contribution in [3.63, 3.8) is 0 Å². The number of carbonyl (C=O) groups is 1. The van der Waals surface area contributed by atoms with Crippen LogP contribution in [0.4, 0.5) is 0 Å². The van der Waals surface area contributed by atoms with Crippen LogP contribution < -0.4 is 5.32 Å². The van der Waals surface area contributed by atoms with Crippen molar-refractivity contribution >= 4 is 15.9 Å². The Morgan fingerprint density at radius 3 is 2.31 bits per heavy atom. The van der Waals surface area contributed by atoms with E-state index in [2.05, 4.69) is 10.4 Å². The summed E-state index contributed by atoms with van der Waals surface area (Å²) in [5.41, 5.74) is 4.47. The summed E-state index contributed by atoms with van der Waals surface area (Å²) in [7, 11) is -3.60. The van der Waals surface area contributed by atoms with Crippen LogP contribution in [0.2, 0.25) is 0 Å². The van der Waals surface area contributed by atoms with Gasteiger partial charge >= 0.3 is 0 Å². The Kier molecular flexibility index (Phi) is 7.48. The minimum absolute atomic E-state index is 0.133. The molecule has 3 rings (SSSR count). The van der Waals surface area contributed by atoms with Gasteiger partial charge in [-0.3, -0.25) is 4.79 Å². The first kappa shape index (κ1) is 23.7. The van der Waals surface area contributed by atoms with Crippen LogP contribution in [-0.2, 0) is 16.4 Å². The molecule has 0 spiro atoms. The molecular weight excluding hydrogens is 424 g/mol. The number of rotatable bonds is 9. The first-order valence-corrected chi connectivity index (χ1v) is 12.2. The zero-order chi connectivity index (χ0) is 23.3. The van der Waals surface area contributed by atoms with E-state index in [9.17, 15) is 13.2 Å². The molecule has 1 amide bonds. The summed E-state index contributed by atoms with van der Waals surface area (Å²) >= 11 is 0. The van der Waals surface area contributed by atoms with Crippen molar-refractivity contribution in [2.45, 2.75) is 39.0 Å². The smallest absolute Gasteiger partial charge is 0.251 e. The second-order valence-corrected chi connectivity index (χ2v) is 9.57.